The average Bonchev–Trinajstić information content (AvgIpc) is 2.95. The molecule has 1 saturated heterocycles. The highest BCUT2D eigenvalue weighted by Crippen LogP contribution is 2.20. The van der Waals surface area contributed by atoms with Crippen LogP contribution in [0.15, 0.2) is 23.3 Å². The van der Waals surface area contributed by atoms with E-state index >= 15 is 0 Å². The normalized spacial score (nSPS) is 18.0. The highest BCUT2D eigenvalue weighted by atomic mass is 16.6. The topological polar surface area (TPSA) is 97.4 Å². The minimum atomic E-state index is -0.524. The van der Waals surface area contributed by atoms with Crippen molar-refractivity contribution in [3.63, 3.8) is 0 Å². The number of carbonyl (C=O) groups excluding carboxylic acids is 1. The summed E-state index contributed by atoms with van der Waals surface area (Å²) in [5.41, 5.74) is -0.0959. The van der Waals surface area contributed by atoms with E-state index in [4.69, 9.17) is 9.47 Å². The van der Waals surface area contributed by atoms with Gasteiger partial charge < -0.3 is 19.4 Å². The first-order valence-electron chi connectivity index (χ1n) is 7.81. The van der Waals surface area contributed by atoms with E-state index in [1.807, 2.05) is 20.8 Å². The predicted octanol–water partition coefficient (Wildman–Crippen LogP) is 1.71. The predicted molar refractivity (Wildman–Crippen MR) is 87.0 cm³/mol. The Morgan fingerprint density at radius 2 is 2.17 bits per heavy atom. The van der Waals surface area contributed by atoms with E-state index in [1.54, 1.807) is 17.0 Å². The van der Waals surface area contributed by atoms with Gasteiger partial charge in [-0.3, -0.25) is 4.79 Å². The van der Waals surface area contributed by atoms with E-state index in [0.29, 0.717) is 30.9 Å². The monoisotopic (exact) mass is 332 g/mol. The number of nitrogens with one attached hydrogen (secondary N) is 1. The number of amides is 1. The number of fused-ring (bicyclic) bond motifs is 1. The van der Waals surface area contributed by atoms with Crippen LogP contribution in [0, 0.1) is 0 Å². The Hall–Kier alpha value is -2.64. The Labute approximate surface area is 138 Å². The summed E-state index contributed by atoms with van der Waals surface area (Å²) in [6.45, 7) is 6.49. The van der Waals surface area contributed by atoms with E-state index in [2.05, 4.69) is 15.0 Å². The van der Waals surface area contributed by atoms with Gasteiger partial charge in [0.05, 0.1) is 18.4 Å². The van der Waals surface area contributed by atoms with E-state index in [0.717, 1.165) is 0 Å². The van der Waals surface area contributed by atoms with Crippen LogP contribution >= 0.6 is 0 Å². The zero-order chi connectivity index (χ0) is 17.3. The molecule has 0 radical (unpaired) electrons. The Morgan fingerprint density at radius 3 is 2.92 bits per heavy atom. The van der Waals surface area contributed by atoms with Crippen LogP contribution in [0.25, 0.3) is 11.0 Å². The first kappa shape index (κ1) is 16.2. The van der Waals surface area contributed by atoms with Crippen LogP contribution < -0.4 is 10.3 Å². The van der Waals surface area contributed by atoms with Crippen LogP contribution in [0.3, 0.4) is 0 Å². The number of hydrogen-bond acceptors (Lipinski definition) is 6. The van der Waals surface area contributed by atoms with Gasteiger partial charge in [0.2, 0.25) is 5.88 Å². The second-order valence-electron chi connectivity index (χ2n) is 6.70. The Bertz CT molecular complexity index is 812. The molecule has 1 aliphatic rings. The van der Waals surface area contributed by atoms with Crippen molar-refractivity contribution >= 4 is 17.1 Å². The standard InChI is InChI=1S/C16H20N4O4/c1-16(2,3)24-15(22)20-7-6-10(8-20)23-12-5-4-11-13(19-12)14(21)18-9-17-11/h4-5,9-10H,6-8H2,1-3H3,(H,17,18,21)/t10-/m0/s1. The summed E-state index contributed by atoms with van der Waals surface area (Å²) in [5.74, 6) is 0.344. The molecule has 3 heterocycles. The zero-order valence-electron chi connectivity index (χ0n) is 13.9. The fraction of sp³-hybridized carbons (Fsp3) is 0.500. The van der Waals surface area contributed by atoms with Crippen molar-refractivity contribution in [2.45, 2.75) is 38.9 Å². The van der Waals surface area contributed by atoms with E-state index in [9.17, 15) is 9.59 Å². The Balaban J connectivity index is 1.66. The molecule has 2 aromatic heterocycles. The van der Waals surface area contributed by atoms with Crippen LogP contribution in [0.1, 0.15) is 27.2 Å². The third-order valence-electron chi connectivity index (χ3n) is 3.55. The van der Waals surface area contributed by atoms with Crippen molar-refractivity contribution in [3.8, 4) is 5.88 Å². The number of likely N-dealkylation sites (tertiary alicyclic amines) is 1. The number of rotatable bonds is 2. The largest absolute Gasteiger partial charge is 0.472 e. The molecule has 0 aromatic carbocycles. The lowest BCUT2D eigenvalue weighted by molar-refractivity contribution is 0.0275. The minimum absolute atomic E-state index is 0.182. The summed E-state index contributed by atoms with van der Waals surface area (Å²) < 4.78 is 11.2. The van der Waals surface area contributed by atoms with Crippen molar-refractivity contribution < 1.29 is 14.3 Å². The van der Waals surface area contributed by atoms with E-state index in [1.165, 1.54) is 6.33 Å². The number of aromatic nitrogens is 3. The van der Waals surface area contributed by atoms with Crippen molar-refractivity contribution in [1.29, 1.82) is 0 Å². The lowest BCUT2D eigenvalue weighted by Gasteiger charge is -2.24. The summed E-state index contributed by atoms with van der Waals surface area (Å²) in [6.07, 6.45) is 1.49. The van der Waals surface area contributed by atoms with Gasteiger partial charge in [0.25, 0.3) is 5.56 Å². The molecule has 8 nitrogen and oxygen atoms in total. The molecule has 1 fully saturated rings. The molecule has 3 rings (SSSR count). The molecule has 1 N–H and O–H groups in total. The number of nitrogens with zero attached hydrogens (tertiary/aromatic N) is 3. The van der Waals surface area contributed by atoms with E-state index < -0.39 is 5.60 Å². The highest BCUT2D eigenvalue weighted by molar-refractivity contribution is 5.73. The smallest absolute Gasteiger partial charge is 0.410 e. The summed E-state index contributed by atoms with van der Waals surface area (Å²) in [6, 6.07) is 3.36. The van der Waals surface area contributed by atoms with Crippen LogP contribution in [0.5, 0.6) is 5.88 Å². The van der Waals surface area contributed by atoms with Crippen molar-refractivity contribution in [1.82, 2.24) is 19.9 Å². The molecule has 8 heteroatoms. The minimum Gasteiger partial charge on any atom is -0.472 e. The van der Waals surface area contributed by atoms with E-state index in [-0.39, 0.29) is 23.3 Å². The fourth-order valence-electron chi connectivity index (χ4n) is 2.49. The third-order valence-corrected chi connectivity index (χ3v) is 3.55. The second-order valence-corrected chi connectivity index (χ2v) is 6.70. The molecule has 24 heavy (non-hydrogen) atoms. The molecule has 2 aromatic rings. The molecule has 0 unspecified atom stereocenters. The molecule has 0 spiro atoms. The lowest BCUT2D eigenvalue weighted by atomic mass is 10.2. The van der Waals surface area contributed by atoms with Gasteiger partial charge in [0.15, 0.2) is 5.52 Å². The van der Waals surface area contributed by atoms with Gasteiger partial charge in [0.1, 0.15) is 11.7 Å². The van der Waals surface area contributed by atoms with Crippen molar-refractivity contribution in [3.05, 3.63) is 28.8 Å². The molecule has 1 atom stereocenters. The molecule has 128 valence electrons. The lowest BCUT2D eigenvalue weighted by Crippen LogP contribution is -2.36. The van der Waals surface area contributed by atoms with Gasteiger partial charge in [0, 0.05) is 19.0 Å². The van der Waals surface area contributed by atoms with Gasteiger partial charge in [-0.25, -0.2) is 14.8 Å². The van der Waals surface area contributed by atoms with Gasteiger partial charge in [-0.1, -0.05) is 0 Å². The first-order chi connectivity index (χ1) is 11.3. The zero-order valence-corrected chi connectivity index (χ0v) is 13.9. The average molecular weight is 332 g/mol. The summed E-state index contributed by atoms with van der Waals surface area (Å²) in [5, 5.41) is 0. The molecule has 0 bridgehead atoms. The maximum absolute atomic E-state index is 12.1. The van der Waals surface area contributed by atoms with Gasteiger partial charge in [-0.05, 0) is 26.8 Å². The summed E-state index contributed by atoms with van der Waals surface area (Å²) in [4.78, 5) is 36.2. The van der Waals surface area contributed by atoms with Gasteiger partial charge >= 0.3 is 6.09 Å². The maximum atomic E-state index is 12.1. The quantitative estimate of drug-likeness (QED) is 0.899. The molecule has 0 aliphatic carbocycles. The van der Waals surface area contributed by atoms with Gasteiger partial charge in [-0.15, -0.1) is 0 Å². The fourth-order valence-corrected chi connectivity index (χ4v) is 2.49. The number of hydrogen-bond donors (Lipinski definition) is 1. The number of pyridine rings is 1. The number of H-pyrrole nitrogens is 1. The molecular weight excluding hydrogens is 312 g/mol. The van der Waals surface area contributed by atoms with Crippen molar-refractivity contribution in [2.75, 3.05) is 13.1 Å². The maximum Gasteiger partial charge on any atom is 0.410 e. The number of aromatic amines is 1. The first-order valence-corrected chi connectivity index (χ1v) is 7.81. The Kier molecular flexibility index (Phi) is 4.13. The highest BCUT2D eigenvalue weighted by Gasteiger charge is 2.31. The molecule has 1 amide bonds. The van der Waals surface area contributed by atoms with Gasteiger partial charge in [-0.2, -0.15) is 0 Å². The number of carbonyl (C=O) groups is 1. The summed E-state index contributed by atoms with van der Waals surface area (Å²) in [7, 11) is 0. The van der Waals surface area contributed by atoms with Crippen LogP contribution in [-0.2, 0) is 4.74 Å². The molecular formula is C16H20N4O4. The van der Waals surface area contributed by atoms with Crippen LogP contribution in [0.2, 0.25) is 0 Å². The molecule has 0 saturated carbocycles. The Morgan fingerprint density at radius 1 is 1.38 bits per heavy atom. The van der Waals surface area contributed by atoms with Crippen molar-refractivity contribution in [2.24, 2.45) is 0 Å². The number of ether oxygens (including phenoxy) is 2. The molecule has 1 aliphatic heterocycles. The third kappa shape index (κ3) is 3.64. The van der Waals surface area contributed by atoms with Crippen LogP contribution in [-0.4, -0.2) is 50.7 Å². The second kappa shape index (κ2) is 6.10. The SMILES string of the molecule is CC(C)(C)OC(=O)N1CC[C@H](Oc2ccc3nc[nH]c(=O)c3n2)C1. The van der Waals surface area contributed by atoms with Crippen LogP contribution in [0.4, 0.5) is 4.79 Å². The summed E-state index contributed by atoms with van der Waals surface area (Å²) >= 11 is 0.